The molecule has 0 bridgehead atoms. The minimum atomic E-state index is 0.449. The lowest BCUT2D eigenvalue weighted by molar-refractivity contribution is 0.447. The van der Waals surface area contributed by atoms with Crippen LogP contribution in [0.2, 0.25) is 0 Å². The number of rotatable bonds is 2. The first-order chi connectivity index (χ1) is 10.3. The summed E-state index contributed by atoms with van der Waals surface area (Å²) in [5, 5.41) is 2.05. The normalized spacial score (nSPS) is 11.1. The summed E-state index contributed by atoms with van der Waals surface area (Å²) < 4.78 is 11.8. The summed E-state index contributed by atoms with van der Waals surface area (Å²) in [7, 11) is 0. The van der Waals surface area contributed by atoms with Crippen LogP contribution in [0.25, 0.3) is 21.9 Å². The van der Waals surface area contributed by atoms with Gasteiger partial charge in [-0.15, -0.1) is 12.6 Å². The van der Waals surface area contributed by atoms with Crippen LogP contribution in [0, 0.1) is 0 Å². The number of hydrogen-bond donors (Lipinski definition) is 1. The molecule has 0 N–H and O–H groups in total. The zero-order valence-corrected chi connectivity index (χ0v) is 11.9. The van der Waals surface area contributed by atoms with Gasteiger partial charge in [0.1, 0.15) is 11.3 Å². The molecule has 0 fully saturated rings. The first-order valence-corrected chi connectivity index (χ1v) is 7.00. The molecule has 102 valence electrons. The van der Waals surface area contributed by atoms with E-state index in [1.807, 2.05) is 54.6 Å². The third-order valence-electron chi connectivity index (χ3n) is 3.33. The Kier molecular flexibility index (Phi) is 2.82. The molecule has 4 aromatic rings. The van der Waals surface area contributed by atoms with Crippen molar-refractivity contribution >= 4 is 34.6 Å². The summed E-state index contributed by atoms with van der Waals surface area (Å²) in [6.07, 6.45) is 1.72. The number of para-hydroxylation sites is 2. The molecule has 0 atom stereocenters. The molecule has 0 amide bonds. The van der Waals surface area contributed by atoms with Gasteiger partial charge in [-0.05, 0) is 24.3 Å². The van der Waals surface area contributed by atoms with Gasteiger partial charge in [-0.2, -0.15) is 0 Å². The van der Waals surface area contributed by atoms with E-state index < -0.39 is 0 Å². The van der Waals surface area contributed by atoms with E-state index in [1.54, 1.807) is 6.20 Å². The number of benzene rings is 2. The molecule has 2 heterocycles. The van der Waals surface area contributed by atoms with Gasteiger partial charge in [0.15, 0.2) is 5.58 Å². The Balaban J connectivity index is 1.91. The van der Waals surface area contributed by atoms with Gasteiger partial charge in [0.2, 0.25) is 0 Å². The highest BCUT2D eigenvalue weighted by Gasteiger charge is 2.13. The number of ether oxygens (including phenoxy) is 1. The lowest BCUT2D eigenvalue weighted by Crippen LogP contribution is -1.88. The van der Waals surface area contributed by atoms with Gasteiger partial charge >= 0.3 is 0 Å². The minimum absolute atomic E-state index is 0.449. The first-order valence-electron chi connectivity index (χ1n) is 6.55. The number of furan rings is 1. The first kappa shape index (κ1) is 12.3. The molecule has 0 aliphatic rings. The zero-order valence-electron chi connectivity index (χ0n) is 11.0. The van der Waals surface area contributed by atoms with E-state index in [0.717, 1.165) is 21.3 Å². The molecule has 3 nitrogen and oxygen atoms in total. The molecule has 0 aliphatic carbocycles. The number of thiol groups is 1. The van der Waals surface area contributed by atoms with Crippen molar-refractivity contribution in [2.45, 2.75) is 4.90 Å². The van der Waals surface area contributed by atoms with E-state index in [1.165, 1.54) is 0 Å². The Bertz CT molecular complexity index is 946. The standard InChI is InChI=1S/C17H11NO2S/c21-15-8-4-3-7-14(15)20-17-16-12(9-10-18-17)11-5-1-2-6-13(11)19-16/h1-10,21H. The van der Waals surface area contributed by atoms with E-state index in [9.17, 15) is 0 Å². The van der Waals surface area contributed by atoms with E-state index in [4.69, 9.17) is 9.15 Å². The van der Waals surface area contributed by atoms with Gasteiger partial charge < -0.3 is 9.15 Å². The Morgan fingerprint density at radius 1 is 0.905 bits per heavy atom. The molecule has 2 aromatic carbocycles. The van der Waals surface area contributed by atoms with Crippen LogP contribution in [-0.2, 0) is 0 Å². The maximum atomic E-state index is 5.88. The molecule has 0 aliphatic heterocycles. The van der Waals surface area contributed by atoms with Crippen LogP contribution in [0.5, 0.6) is 11.6 Å². The molecule has 21 heavy (non-hydrogen) atoms. The van der Waals surface area contributed by atoms with E-state index in [0.29, 0.717) is 17.2 Å². The molecular weight excluding hydrogens is 282 g/mol. The zero-order chi connectivity index (χ0) is 14.2. The van der Waals surface area contributed by atoms with Gasteiger partial charge in [0.25, 0.3) is 5.88 Å². The van der Waals surface area contributed by atoms with Crippen molar-refractivity contribution in [2.75, 3.05) is 0 Å². The van der Waals surface area contributed by atoms with E-state index in [-0.39, 0.29) is 0 Å². The highest BCUT2D eigenvalue weighted by molar-refractivity contribution is 7.80. The predicted octanol–water partition coefficient (Wildman–Crippen LogP) is 5.06. The van der Waals surface area contributed by atoms with Gasteiger partial charge in [0, 0.05) is 21.9 Å². The second kappa shape index (κ2) is 4.82. The van der Waals surface area contributed by atoms with Gasteiger partial charge in [0.05, 0.1) is 0 Å². The van der Waals surface area contributed by atoms with Crippen LogP contribution in [0.1, 0.15) is 0 Å². The summed E-state index contributed by atoms with van der Waals surface area (Å²) in [4.78, 5) is 5.05. The predicted molar refractivity (Wildman–Crippen MR) is 85.3 cm³/mol. The molecule has 0 spiro atoms. The molecule has 4 heteroatoms. The Morgan fingerprint density at radius 2 is 1.71 bits per heavy atom. The quantitative estimate of drug-likeness (QED) is 0.524. The maximum Gasteiger partial charge on any atom is 0.263 e. The number of hydrogen-bond acceptors (Lipinski definition) is 4. The van der Waals surface area contributed by atoms with Crippen LogP contribution in [0.3, 0.4) is 0 Å². The maximum absolute atomic E-state index is 5.88. The third kappa shape index (κ3) is 2.04. The van der Waals surface area contributed by atoms with E-state index >= 15 is 0 Å². The van der Waals surface area contributed by atoms with Crippen molar-refractivity contribution in [1.82, 2.24) is 4.98 Å². The average molecular weight is 293 g/mol. The van der Waals surface area contributed by atoms with Crippen LogP contribution in [0.4, 0.5) is 0 Å². The largest absolute Gasteiger partial charge is 0.450 e. The second-order valence-electron chi connectivity index (χ2n) is 4.66. The van der Waals surface area contributed by atoms with Gasteiger partial charge in [-0.3, -0.25) is 0 Å². The van der Waals surface area contributed by atoms with Crippen molar-refractivity contribution in [3.05, 3.63) is 60.8 Å². The number of fused-ring (bicyclic) bond motifs is 3. The summed E-state index contributed by atoms with van der Waals surface area (Å²) in [6.45, 7) is 0. The highest BCUT2D eigenvalue weighted by atomic mass is 32.1. The van der Waals surface area contributed by atoms with Crippen molar-refractivity contribution < 1.29 is 9.15 Å². The van der Waals surface area contributed by atoms with Crippen molar-refractivity contribution in [3.63, 3.8) is 0 Å². The fraction of sp³-hybridized carbons (Fsp3) is 0. The Morgan fingerprint density at radius 3 is 2.62 bits per heavy atom. The lowest BCUT2D eigenvalue weighted by Gasteiger charge is -2.06. The average Bonchev–Trinajstić information content (AvgIpc) is 2.89. The van der Waals surface area contributed by atoms with Crippen LogP contribution < -0.4 is 4.74 Å². The smallest absolute Gasteiger partial charge is 0.263 e. The number of pyridine rings is 1. The molecule has 0 saturated heterocycles. The lowest BCUT2D eigenvalue weighted by atomic mass is 10.2. The molecule has 0 saturated carbocycles. The summed E-state index contributed by atoms with van der Waals surface area (Å²) in [6, 6.07) is 17.4. The van der Waals surface area contributed by atoms with Crippen molar-refractivity contribution in [1.29, 1.82) is 0 Å². The van der Waals surface area contributed by atoms with E-state index in [2.05, 4.69) is 17.6 Å². The highest BCUT2D eigenvalue weighted by Crippen LogP contribution is 2.36. The number of aromatic nitrogens is 1. The van der Waals surface area contributed by atoms with Crippen molar-refractivity contribution in [3.8, 4) is 11.6 Å². The second-order valence-corrected chi connectivity index (χ2v) is 5.14. The monoisotopic (exact) mass is 293 g/mol. The van der Waals surface area contributed by atoms with Crippen molar-refractivity contribution in [2.24, 2.45) is 0 Å². The topological polar surface area (TPSA) is 35.3 Å². The molecule has 2 aromatic heterocycles. The van der Waals surface area contributed by atoms with Crippen LogP contribution in [-0.4, -0.2) is 4.98 Å². The number of nitrogens with zero attached hydrogens (tertiary/aromatic N) is 1. The van der Waals surface area contributed by atoms with Crippen LogP contribution in [0.15, 0.2) is 70.1 Å². The third-order valence-corrected chi connectivity index (χ3v) is 3.70. The minimum Gasteiger partial charge on any atom is -0.450 e. The summed E-state index contributed by atoms with van der Waals surface area (Å²) in [5.41, 5.74) is 1.47. The fourth-order valence-corrected chi connectivity index (χ4v) is 2.55. The Labute approximate surface area is 126 Å². The Hall–Kier alpha value is -2.46. The SMILES string of the molecule is Sc1ccccc1Oc1nccc2c1oc1ccccc12. The van der Waals surface area contributed by atoms with Crippen LogP contribution >= 0.6 is 12.6 Å². The summed E-state index contributed by atoms with van der Waals surface area (Å²) in [5.74, 6) is 1.10. The summed E-state index contributed by atoms with van der Waals surface area (Å²) >= 11 is 4.39. The molecule has 0 unspecified atom stereocenters. The molecular formula is C17H11NO2S. The van der Waals surface area contributed by atoms with Gasteiger partial charge in [-0.25, -0.2) is 4.98 Å². The molecule has 0 radical (unpaired) electrons. The van der Waals surface area contributed by atoms with Gasteiger partial charge in [-0.1, -0.05) is 30.3 Å². The fourth-order valence-electron chi connectivity index (χ4n) is 2.35. The molecule has 4 rings (SSSR count).